The predicted molar refractivity (Wildman–Crippen MR) is 68.0 cm³/mol. The van der Waals surface area contributed by atoms with Crippen molar-refractivity contribution in [2.24, 2.45) is 7.05 Å². The Morgan fingerprint density at radius 3 is 2.55 bits per heavy atom. The average Bonchev–Trinajstić information content (AvgIpc) is 2.92. The molecule has 1 N–H and O–H groups in total. The molecule has 0 atom stereocenters. The van der Waals surface area contributed by atoms with E-state index in [0.717, 1.165) is 17.8 Å². The Kier molecular flexibility index (Phi) is 2.60. The maximum absolute atomic E-state index is 13.0. The number of alkyl halides is 3. The van der Waals surface area contributed by atoms with Crippen LogP contribution in [0.2, 0.25) is 0 Å². The van der Waals surface area contributed by atoms with Crippen molar-refractivity contribution in [2.75, 3.05) is 0 Å². The summed E-state index contributed by atoms with van der Waals surface area (Å²) < 4.78 is 40.5. The van der Waals surface area contributed by atoms with Gasteiger partial charge in [-0.15, -0.1) is 0 Å². The van der Waals surface area contributed by atoms with Crippen LogP contribution >= 0.6 is 0 Å². The van der Waals surface area contributed by atoms with Crippen LogP contribution in [0.3, 0.4) is 0 Å². The predicted octanol–water partition coefficient (Wildman–Crippen LogP) is 3.29. The van der Waals surface area contributed by atoms with Crippen LogP contribution in [0, 0.1) is 6.92 Å². The minimum Gasteiger partial charge on any atom is -0.278 e. The molecule has 20 heavy (non-hydrogen) atoms. The van der Waals surface area contributed by atoms with Crippen molar-refractivity contribution in [3.63, 3.8) is 0 Å². The Hall–Kier alpha value is -2.31. The van der Waals surface area contributed by atoms with E-state index in [9.17, 15) is 13.2 Å². The van der Waals surface area contributed by atoms with E-state index in [0.29, 0.717) is 22.2 Å². The van der Waals surface area contributed by atoms with Crippen LogP contribution in [-0.4, -0.2) is 20.0 Å². The number of nitrogens with one attached hydrogen (secondary N) is 1. The Morgan fingerprint density at radius 2 is 1.95 bits per heavy atom. The number of aryl methyl sites for hydroxylation is 2. The molecular weight excluding hydrogens is 269 g/mol. The van der Waals surface area contributed by atoms with Gasteiger partial charge in [-0.2, -0.15) is 23.4 Å². The van der Waals surface area contributed by atoms with Gasteiger partial charge in [0.2, 0.25) is 0 Å². The number of hydrogen-bond acceptors (Lipinski definition) is 2. The Morgan fingerprint density at radius 1 is 1.20 bits per heavy atom. The summed E-state index contributed by atoms with van der Waals surface area (Å²) in [6.07, 6.45) is -2.88. The van der Waals surface area contributed by atoms with Crippen LogP contribution < -0.4 is 0 Å². The number of aromatic amines is 1. The molecule has 0 aliphatic heterocycles. The van der Waals surface area contributed by atoms with Gasteiger partial charge < -0.3 is 0 Å². The van der Waals surface area contributed by atoms with Crippen LogP contribution in [0.25, 0.3) is 22.2 Å². The molecular formula is C13H11F3N4. The second kappa shape index (κ2) is 4.09. The van der Waals surface area contributed by atoms with Crippen LogP contribution in [0.15, 0.2) is 24.4 Å². The molecule has 0 saturated carbocycles. The fourth-order valence-electron chi connectivity index (χ4n) is 2.29. The van der Waals surface area contributed by atoms with E-state index in [1.165, 1.54) is 6.20 Å². The molecule has 7 heteroatoms. The van der Waals surface area contributed by atoms with Gasteiger partial charge in [-0.1, -0.05) is 0 Å². The summed E-state index contributed by atoms with van der Waals surface area (Å²) in [7, 11) is 1.70. The molecule has 0 bridgehead atoms. The molecule has 0 aliphatic carbocycles. The topological polar surface area (TPSA) is 46.5 Å². The van der Waals surface area contributed by atoms with Gasteiger partial charge >= 0.3 is 6.18 Å². The van der Waals surface area contributed by atoms with Crippen LogP contribution in [0.5, 0.6) is 0 Å². The van der Waals surface area contributed by atoms with Crippen LogP contribution in [0.4, 0.5) is 13.2 Å². The average molecular weight is 280 g/mol. The SMILES string of the molecule is Cc1cc(-c2cc(C(F)(F)F)cc3[nH]ncc23)n(C)n1. The highest BCUT2D eigenvalue weighted by molar-refractivity contribution is 5.94. The fourth-order valence-corrected chi connectivity index (χ4v) is 2.29. The number of fused-ring (bicyclic) bond motifs is 1. The number of hydrogen-bond donors (Lipinski definition) is 1. The maximum atomic E-state index is 13.0. The van der Waals surface area contributed by atoms with Crippen LogP contribution in [-0.2, 0) is 13.2 Å². The van der Waals surface area contributed by atoms with Crippen molar-refractivity contribution in [1.29, 1.82) is 0 Å². The molecule has 1 aromatic carbocycles. The zero-order chi connectivity index (χ0) is 14.5. The van der Waals surface area contributed by atoms with Gasteiger partial charge in [-0.3, -0.25) is 9.78 Å². The maximum Gasteiger partial charge on any atom is 0.416 e. The van der Waals surface area contributed by atoms with Crippen molar-refractivity contribution in [1.82, 2.24) is 20.0 Å². The molecule has 2 heterocycles. The van der Waals surface area contributed by atoms with E-state index in [1.807, 2.05) is 0 Å². The molecule has 0 fully saturated rings. The minimum atomic E-state index is -4.40. The molecule has 0 saturated heterocycles. The first-order chi connectivity index (χ1) is 9.36. The Balaban J connectivity index is 2.33. The molecule has 0 amide bonds. The van der Waals surface area contributed by atoms with Gasteiger partial charge in [0.25, 0.3) is 0 Å². The van der Waals surface area contributed by atoms with Gasteiger partial charge in [0.1, 0.15) is 0 Å². The first-order valence-electron chi connectivity index (χ1n) is 5.91. The van der Waals surface area contributed by atoms with Crippen molar-refractivity contribution in [2.45, 2.75) is 13.1 Å². The lowest BCUT2D eigenvalue weighted by atomic mass is 10.0. The third-order valence-electron chi connectivity index (χ3n) is 3.16. The summed E-state index contributed by atoms with van der Waals surface area (Å²) in [5.74, 6) is 0. The zero-order valence-corrected chi connectivity index (χ0v) is 10.8. The largest absolute Gasteiger partial charge is 0.416 e. The molecule has 0 radical (unpaired) electrons. The highest BCUT2D eigenvalue weighted by Gasteiger charge is 2.32. The van der Waals surface area contributed by atoms with Crippen molar-refractivity contribution in [3.05, 3.63) is 35.7 Å². The summed E-state index contributed by atoms with van der Waals surface area (Å²) in [5.41, 5.74) is 1.49. The Bertz CT molecular complexity index is 783. The minimum absolute atomic E-state index is 0.355. The number of benzene rings is 1. The van der Waals surface area contributed by atoms with Crippen LogP contribution in [0.1, 0.15) is 11.3 Å². The molecule has 4 nitrogen and oxygen atoms in total. The van der Waals surface area contributed by atoms with E-state index in [-0.39, 0.29) is 0 Å². The van der Waals surface area contributed by atoms with Crippen molar-refractivity contribution < 1.29 is 13.2 Å². The van der Waals surface area contributed by atoms with Gasteiger partial charge in [-0.05, 0) is 25.1 Å². The fraction of sp³-hybridized carbons (Fsp3) is 0.231. The van der Waals surface area contributed by atoms with Crippen molar-refractivity contribution >= 4 is 10.9 Å². The molecule has 0 spiro atoms. The zero-order valence-electron chi connectivity index (χ0n) is 10.8. The highest BCUT2D eigenvalue weighted by atomic mass is 19.4. The third kappa shape index (κ3) is 1.95. The molecule has 0 unspecified atom stereocenters. The summed E-state index contributed by atoms with van der Waals surface area (Å²) in [6, 6.07) is 3.95. The van der Waals surface area contributed by atoms with E-state index in [2.05, 4.69) is 15.3 Å². The van der Waals surface area contributed by atoms with E-state index in [1.54, 1.807) is 24.7 Å². The molecule has 104 valence electrons. The normalized spacial score (nSPS) is 12.2. The standard InChI is InChI=1S/C13H11F3N4/c1-7-3-12(20(2)19-7)9-4-8(13(14,15)16)5-11-10(9)6-17-18-11/h3-6H,1-2H3,(H,17,18). The Labute approximate surface area is 112 Å². The van der Waals surface area contributed by atoms with E-state index >= 15 is 0 Å². The molecule has 0 aliphatic rings. The van der Waals surface area contributed by atoms with Gasteiger partial charge in [0.05, 0.1) is 28.7 Å². The summed E-state index contributed by atoms with van der Waals surface area (Å²) in [4.78, 5) is 0. The lowest BCUT2D eigenvalue weighted by molar-refractivity contribution is -0.137. The summed E-state index contributed by atoms with van der Waals surface area (Å²) in [6.45, 7) is 1.80. The smallest absolute Gasteiger partial charge is 0.278 e. The number of rotatable bonds is 1. The lowest BCUT2D eigenvalue weighted by Crippen LogP contribution is -2.05. The first-order valence-corrected chi connectivity index (χ1v) is 5.91. The molecule has 3 rings (SSSR count). The molecule has 3 aromatic rings. The van der Waals surface area contributed by atoms with E-state index < -0.39 is 11.7 Å². The number of halogens is 3. The third-order valence-corrected chi connectivity index (χ3v) is 3.16. The number of H-pyrrole nitrogens is 1. The van der Waals surface area contributed by atoms with E-state index in [4.69, 9.17) is 0 Å². The first kappa shape index (κ1) is 12.7. The van der Waals surface area contributed by atoms with Gasteiger partial charge in [-0.25, -0.2) is 0 Å². The summed E-state index contributed by atoms with van der Waals surface area (Å²) in [5, 5.41) is 11.2. The number of aromatic nitrogens is 4. The van der Waals surface area contributed by atoms with Gasteiger partial charge in [0, 0.05) is 18.0 Å². The lowest BCUT2D eigenvalue weighted by Gasteiger charge is -2.10. The van der Waals surface area contributed by atoms with Crippen molar-refractivity contribution in [3.8, 4) is 11.3 Å². The second-order valence-corrected chi connectivity index (χ2v) is 4.65. The summed E-state index contributed by atoms with van der Waals surface area (Å²) >= 11 is 0. The highest BCUT2D eigenvalue weighted by Crippen LogP contribution is 2.36. The second-order valence-electron chi connectivity index (χ2n) is 4.65. The molecule has 2 aromatic heterocycles. The van der Waals surface area contributed by atoms with Gasteiger partial charge in [0.15, 0.2) is 0 Å². The quantitative estimate of drug-likeness (QED) is 0.743. The number of nitrogens with zero attached hydrogens (tertiary/aromatic N) is 3. The monoisotopic (exact) mass is 280 g/mol.